The molecule has 1 aromatic carbocycles. The molecular weight excluding hydrogens is 209 g/mol. The number of alkyl halides is 2. The molecule has 0 radical (unpaired) electrons. The van der Waals surface area contributed by atoms with E-state index in [2.05, 4.69) is 4.74 Å². The molecule has 0 saturated carbocycles. The van der Waals surface area contributed by atoms with Crippen LogP contribution in [-0.4, -0.2) is 30.1 Å². The minimum Gasteiger partial charge on any atom is -0.434 e. The predicted molar refractivity (Wildman–Crippen MR) is 48.3 cm³/mol. The highest BCUT2D eigenvalue weighted by Gasteiger charge is 2.15. The largest absolute Gasteiger partial charge is 0.488 e. The molecule has 0 aliphatic carbocycles. The highest BCUT2D eigenvalue weighted by Crippen LogP contribution is 2.17. The van der Waals surface area contributed by atoms with Crippen LogP contribution in [0.15, 0.2) is 18.2 Å². The van der Waals surface area contributed by atoms with Gasteiger partial charge in [-0.05, 0) is 17.6 Å². The van der Waals surface area contributed by atoms with Crippen LogP contribution in [0.4, 0.5) is 8.78 Å². The number of aldehydes is 1. The van der Waals surface area contributed by atoms with Crippen molar-refractivity contribution in [2.24, 2.45) is 0 Å². The van der Waals surface area contributed by atoms with Gasteiger partial charge in [-0.15, -0.1) is 0 Å². The number of carbonyl (C=O) groups excluding carboxylic acids is 1. The van der Waals surface area contributed by atoms with Gasteiger partial charge in [-0.2, -0.15) is 8.78 Å². The first kappa shape index (κ1) is 11.6. The van der Waals surface area contributed by atoms with E-state index < -0.39 is 13.7 Å². The Morgan fingerprint density at radius 3 is 2.53 bits per heavy atom. The molecule has 4 nitrogen and oxygen atoms in total. The van der Waals surface area contributed by atoms with Crippen molar-refractivity contribution in [1.29, 1.82) is 0 Å². The molecule has 0 unspecified atom stereocenters. The molecule has 0 bridgehead atoms. The lowest BCUT2D eigenvalue weighted by atomic mass is 9.79. The maximum Gasteiger partial charge on any atom is 0.488 e. The van der Waals surface area contributed by atoms with Gasteiger partial charge < -0.3 is 14.8 Å². The van der Waals surface area contributed by atoms with E-state index in [0.717, 1.165) is 12.1 Å². The van der Waals surface area contributed by atoms with E-state index in [0.29, 0.717) is 6.29 Å². The fourth-order valence-electron chi connectivity index (χ4n) is 1.02. The second-order valence-corrected chi connectivity index (χ2v) is 2.67. The Balaban J connectivity index is 3.03. The van der Waals surface area contributed by atoms with E-state index in [1.807, 2.05) is 0 Å². The van der Waals surface area contributed by atoms with Gasteiger partial charge in [0.1, 0.15) is 5.75 Å². The van der Waals surface area contributed by atoms with Gasteiger partial charge in [0, 0.05) is 0 Å². The third-order valence-electron chi connectivity index (χ3n) is 1.68. The van der Waals surface area contributed by atoms with Gasteiger partial charge in [-0.1, -0.05) is 6.07 Å². The zero-order valence-corrected chi connectivity index (χ0v) is 7.43. The quantitative estimate of drug-likeness (QED) is 0.539. The molecule has 0 amide bonds. The van der Waals surface area contributed by atoms with Crippen molar-refractivity contribution >= 4 is 18.9 Å². The minimum absolute atomic E-state index is 0.0266. The second-order valence-electron chi connectivity index (χ2n) is 2.67. The summed E-state index contributed by atoms with van der Waals surface area (Å²) >= 11 is 0. The summed E-state index contributed by atoms with van der Waals surface area (Å²) in [5, 5.41) is 17.5. The van der Waals surface area contributed by atoms with Crippen molar-refractivity contribution in [2.45, 2.75) is 6.61 Å². The van der Waals surface area contributed by atoms with Crippen LogP contribution in [0.3, 0.4) is 0 Å². The first-order valence-corrected chi connectivity index (χ1v) is 3.94. The molecule has 1 aromatic rings. The van der Waals surface area contributed by atoms with Crippen molar-refractivity contribution in [3.05, 3.63) is 23.8 Å². The zero-order chi connectivity index (χ0) is 11.4. The maximum atomic E-state index is 11.9. The Bertz CT molecular complexity index is 356. The van der Waals surface area contributed by atoms with E-state index >= 15 is 0 Å². The average Bonchev–Trinajstić information content (AvgIpc) is 2.17. The fraction of sp³-hybridized carbons (Fsp3) is 0.125. The summed E-state index contributed by atoms with van der Waals surface area (Å²) in [4.78, 5) is 10.5. The molecule has 0 heterocycles. The lowest BCUT2D eigenvalue weighted by Crippen LogP contribution is -2.30. The van der Waals surface area contributed by atoms with Gasteiger partial charge in [0.25, 0.3) is 0 Å². The van der Waals surface area contributed by atoms with E-state index in [1.165, 1.54) is 6.07 Å². The van der Waals surface area contributed by atoms with Crippen molar-refractivity contribution in [1.82, 2.24) is 0 Å². The Morgan fingerprint density at radius 1 is 1.40 bits per heavy atom. The van der Waals surface area contributed by atoms with Crippen molar-refractivity contribution in [3.63, 3.8) is 0 Å². The van der Waals surface area contributed by atoms with Gasteiger partial charge in [0.05, 0.1) is 5.56 Å². The highest BCUT2D eigenvalue weighted by molar-refractivity contribution is 6.58. The van der Waals surface area contributed by atoms with E-state index in [9.17, 15) is 13.6 Å². The molecular formula is C8H7BF2O4. The number of hydrogen-bond donors (Lipinski definition) is 2. The Hall–Kier alpha value is -1.47. The van der Waals surface area contributed by atoms with Crippen LogP contribution in [-0.2, 0) is 0 Å². The van der Waals surface area contributed by atoms with E-state index in [-0.39, 0.29) is 16.8 Å². The van der Waals surface area contributed by atoms with Crippen LogP contribution in [0, 0.1) is 0 Å². The molecule has 80 valence electrons. The van der Waals surface area contributed by atoms with Gasteiger partial charge in [0.15, 0.2) is 6.29 Å². The zero-order valence-electron chi connectivity index (χ0n) is 7.43. The van der Waals surface area contributed by atoms with Crippen LogP contribution < -0.4 is 10.2 Å². The fourth-order valence-corrected chi connectivity index (χ4v) is 1.02. The summed E-state index contributed by atoms with van der Waals surface area (Å²) < 4.78 is 27.8. The second kappa shape index (κ2) is 4.85. The van der Waals surface area contributed by atoms with Crippen molar-refractivity contribution in [3.8, 4) is 5.75 Å². The van der Waals surface area contributed by atoms with Crippen LogP contribution in [0.2, 0.25) is 0 Å². The average molecular weight is 216 g/mol. The number of halogens is 2. The molecule has 15 heavy (non-hydrogen) atoms. The van der Waals surface area contributed by atoms with E-state index in [1.54, 1.807) is 0 Å². The topological polar surface area (TPSA) is 66.8 Å². The maximum absolute atomic E-state index is 11.9. The first-order valence-electron chi connectivity index (χ1n) is 3.94. The number of ether oxygens (including phenoxy) is 1. The Kier molecular flexibility index (Phi) is 3.76. The van der Waals surface area contributed by atoms with Crippen molar-refractivity contribution in [2.75, 3.05) is 0 Å². The summed E-state index contributed by atoms with van der Waals surface area (Å²) in [7, 11) is -1.76. The summed E-state index contributed by atoms with van der Waals surface area (Å²) in [6, 6.07) is 3.31. The molecule has 0 aliphatic rings. The summed E-state index contributed by atoms with van der Waals surface area (Å²) in [6.07, 6.45) is 0.295. The summed E-state index contributed by atoms with van der Waals surface area (Å²) in [5.41, 5.74) is -0.139. The molecule has 0 fully saturated rings. The molecule has 0 spiro atoms. The molecule has 2 N–H and O–H groups in total. The Morgan fingerprint density at radius 2 is 2.07 bits per heavy atom. The van der Waals surface area contributed by atoms with Crippen LogP contribution in [0.25, 0.3) is 0 Å². The van der Waals surface area contributed by atoms with Gasteiger partial charge in [0.2, 0.25) is 0 Å². The highest BCUT2D eigenvalue weighted by atomic mass is 19.3. The van der Waals surface area contributed by atoms with Crippen LogP contribution >= 0.6 is 0 Å². The van der Waals surface area contributed by atoms with Gasteiger partial charge in [-0.3, -0.25) is 4.79 Å². The summed E-state index contributed by atoms with van der Waals surface area (Å²) in [6.45, 7) is -3.03. The molecule has 0 saturated heterocycles. The summed E-state index contributed by atoms with van der Waals surface area (Å²) in [5.74, 6) is -0.301. The lowest BCUT2D eigenvalue weighted by molar-refractivity contribution is -0.0500. The van der Waals surface area contributed by atoms with Gasteiger partial charge >= 0.3 is 13.7 Å². The number of benzene rings is 1. The predicted octanol–water partition coefficient (Wildman–Crippen LogP) is -0.220. The number of rotatable bonds is 4. The third kappa shape index (κ3) is 3.00. The third-order valence-corrected chi connectivity index (χ3v) is 1.68. The number of hydrogen-bond acceptors (Lipinski definition) is 4. The SMILES string of the molecule is O=Cc1cc(B(O)O)ccc1OC(F)F. The van der Waals surface area contributed by atoms with Crippen LogP contribution in [0.1, 0.15) is 10.4 Å². The normalized spacial score (nSPS) is 10.2. The van der Waals surface area contributed by atoms with Crippen LogP contribution in [0.5, 0.6) is 5.75 Å². The molecule has 1 rings (SSSR count). The standard InChI is InChI=1S/C8H7BF2O4/c10-8(11)15-7-2-1-6(9(13)14)3-5(7)4-12/h1-4,8,13-14H. The number of carbonyl (C=O) groups is 1. The Labute approximate surface area is 84.2 Å². The minimum atomic E-state index is -3.03. The molecule has 0 aromatic heterocycles. The molecule has 7 heteroatoms. The monoisotopic (exact) mass is 216 g/mol. The smallest absolute Gasteiger partial charge is 0.434 e. The first-order chi connectivity index (χ1) is 7.04. The molecule has 0 aliphatic heterocycles. The molecule has 0 atom stereocenters. The van der Waals surface area contributed by atoms with Crippen molar-refractivity contribution < 1.29 is 28.4 Å². The van der Waals surface area contributed by atoms with Gasteiger partial charge in [-0.25, -0.2) is 0 Å². The van der Waals surface area contributed by atoms with E-state index in [4.69, 9.17) is 10.0 Å². The lowest BCUT2D eigenvalue weighted by Gasteiger charge is -2.08.